The van der Waals surface area contributed by atoms with Gasteiger partial charge in [-0.15, -0.1) is 0 Å². The fourth-order valence-corrected chi connectivity index (χ4v) is 4.72. The molecule has 2 heterocycles. The number of hydrogen-bond acceptors (Lipinski definition) is 3. The average Bonchev–Trinajstić information content (AvgIpc) is 3.08. The molecule has 0 amide bonds. The first-order chi connectivity index (χ1) is 12.3. The monoisotopic (exact) mass is 353 g/mol. The molecule has 128 valence electrons. The van der Waals surface area contributed by atoms with E-state index in [4.69, 9.17) is 4.74 Å². The van der Waals surface area contributed by atoms with Crippen molar-refractivity contribution >= 4 is 17.4 Å². The molecule has 0 aromatic heterocycles. The Balaban J connectivity index is 1.48. The Labute approximate surface area is 151 Å². The summed E-state index contributed by atoms with van der Waals surface area (Å²) in [6.45, 7) is 0. The van der Waals surface area contributed by atoms with Crippen LogP contribution < -0.4 is 10.1 Å². The number of benzene rings is 2. The van der Waals surface area contributed by atoms with E-state index >= 15 is 0 Å². The molecular formula is C21H20FNOS. The molecule has 1 fully saturated rings. The first-order valence-electron chi connectivity index (χ1n) is 8.85. The number of anilines is 1. The van der Waals surface area contributed by atoms with E-state index in [-0.39, 0.29) is 17.8 Å². The lowest BCUT2D eigenvalue weighted by atomic mass is 9.77. The van der Waals surface area contributed by atoms with Gasteiger partial charge in [-0.25, -0.2) is 4.39 Å². The summed E-state index contributed by atoms with van der Waals surface area (Å²) in [5, 5.41) is 3.65. The number of thioether (sulfide) groups is 1. The largest absolute Gasteiger partial charge is 0.489 e. The zero-order valence-corrected chi connectivity index (χ0v) is 14.6. The van der Waals surface area contributed by atoms with Crippen LogP contribution in [0.1, 0.15) is 29.5 Å². The van der Waals surface area contributed by atoms with E-state index in [0.29, 0.717) is 12.0 Å². The van der Waals surface area contributed by atoms with Gasteiger partial charge in [0.25, 0.3) is 0 Å². The zero-order valence-electron chi connectivity index (χ0n) is 13.8. The molecule has 2 nitrogen and oxygen atoms in total. The van der Waals surface area contributed by atoms with Crippen LogP contribution in [-0.2, 0) is 0 Å². The number of ether oxygens (including phenoxy) is 1. The summed E-state index contributed by atoms with van der Waals surface area (Å²) < 4.78 is 19.8. The summed E-state index contributed by atoms with van der Waals surface area (Å²) in [6.07, 6.45) is 5.84. The van der Waals surface area contributed by atoms with Crippen LogP contribution in [-0.4, -0.2) is 17.6 Å². The van der Waals surface area contributed by atoms with Crippen molar-refractivity contribution in [2.75, 3.05) is 16.8 Å². The number of halogens is 1. The molecule has 2 aliphatic heterocycles. The minimum absolute atomic E-state index is 0.160. The highest BCUT2D eigenvalue weighted by atomic mass is 32.2. The van der Waals surface area contributed by atoms with Crippen molar-refractivity contribution in [2.45, 2.75) is 24.5 Å². The van der Waals surface area contributed by atoms with Crippen molar-refractivity contribution in [1.29, 1.82) is 0 Å². The van der Waals surface area contributed by atoms with Crippen LogP contribution >= 0.6 is 11.8 Å². The van der Waals surface area contributed by atoms with Gasteiger partial charge >= 0.3 is 0 Å². The van der Waals surface area contributed by atoms with Crippen molar-refractivity contribution < 1.29 is 9.13 Å². The predicted octanol–water partition coefficient (Wildman–Crippen LogP) is 5.15. The second-order valence-electron chi connectivity index (χ2n) is 7.06. The normalized spacial score (nSPS) is 27.2. The second kappa shape index (κ2) is 6.10. The van der Waals surface area contributed by atoms with Crippen molar-refractivity contribution in [3.05, 3.63) is 71.6 Å². The Morgan fingerprint density at radius 3 is 2.88 bits per heavy atom. The lowest BCUT2D eigenvalue weighted by Crippen LogP contribution is -2.31. The predicted molar refractivity (Wildman–Crippen MR) is 101 cm³/mol. The summed E-state index contributed by atoms with van der Waals surface area (Å²) >= 11 is 1.93. The SMILES string of the molecule is Fc1ccc2c(c1)[C@@H]1C=CC[C@@H]1[C@@H](c1cccc(OC3CSC3)c1)N2. The van der Waals surface area contributed by atoms with Gasteiger partial charge < -0.3 is 10.1 Å². The minimum Gasteiger partial charge on any atom is -0.489 e. The molecule has 1 N–H and O–H groups in total. The summed E-state index contributed by atoms with van der Waals surface area (Å²) in [4.78, 5) is 0. The van der Waals surface area contributed by atoms with Gasteiger partial charge in [0.2, 0.25) is 0 Å². The van der Waals surface area contributed by atoms with E-state index in [9.17, 15) is 4.39 Å². The van der Waals surface area contributed by atoms with Crippen LogP contribution in [0, 0.1) is 11.7 Å². The fourth-order valence-electron chi connectivity index (χ4n) is 4.15. The highest BCUT2D eigenvalue weighted by Gasteiger charge is 2.38. The Morgan fingerprint density at radius 2 is 2.04 bits per heavy atom. The van der Waals surface area contributed by atoms with Gasteiger partial charge in [0.1, 0.15) is 17.7 Å². The molecule has 3 aliphatic rings. The van der Waals surface area contributed by atoms with Crippen LogP contribution in [0.5, 0.6) is 5.75 Å². The van der Waals surface area contributed by atoms with Crippen molar-refractivity contribution in [3.8, 4) is 5.75 Å². The summed E-state index contributed by atoms with van der Waals surface area (Å²) in [7, 11) is 0. The van der Waals surface area contributed by atoms with Crippen LogP contribution in [0.15, 0.2) is 54.6 Å². The molecule has 4 heteroatoms. The van der Waals surface area contributed by atoms with E-state index in [1.807, 2.05) is 23.9 Å². The molecule has 3 atom stereocenters. The smallest absolute Gasteiger partial charge is 0.123 e. The van der Waals surface area contributed by atoms with Gasteiger partial charge in [-0.1, -0.05) is 24.3 Å². The highest BCUT2D eigenvalue weighted by molar-refractivity contribution is 8.00. The van der Waals surface area contributed by atoms with Gasteiger partial charge in [-0.3, -0.25) is 0 Å². The molecular weight excluding hydrogens is 333 g/mol. The minimum atomic E-state index is -0.160. The Morgan fingerprint density at radius 1 is 1.12 bits per heavy atom. The molecule has 5 rings (SSSR count). The highest BCUT2D eigenvalue weighted by Crippen LogP contribution is 2.50. The van der Waals surface area contributed by atoms with E-state index < -0.39 is 0 Å². The molecule has 1 aliphatic carbocycles. The number of rotatable bonds is 3. The Bertz CT molecular complexity index is 832. The Kier molecular flexibility index (Phi) is 3.74. The molecule has 0 unspecified atom stereocenters. The van der Waals surface area contributed by atoms with E-state index in [0.717, 1.165) is 34.9 Å². The zero-order chi connectivity index (χ0) is 16.8. The number of hydrogen-bond donors (Lipinski definition) is 1. The van der Waals surface area contributed by atoms with E-state index in [2.05, 4.69) is 35.7 Å². The number of allylic oxidation sites excluding steroid dienone is 2. The third-order valence-corrected chi connectivity index (χ3v) is 6.67. The Hall–Kier alpha value is -1.94. The lowest BCUT2D eigenvalue weighted by Gasteiger charge is -2.37. The van der Waals surface area contributed by atoms with Gasteiger partial charge in [0.05, 0.1) is 6.04 Å². The first kappa shape index (κ1) is 15.3. The molecule has 2 aromatic rings. The third kappa shape index (κ3) is 2.73. The molecule has 25 heavy (non-hydrogen) atoms. The quantitative estimate of drug-likeness (QED) is 0.772. The van der Waals surface area contributed by atoms with E-state index in [1.165, 1.54) is 11.6 Å². The standard InChI is InChI=1S/C21H20FNOS/c22-14-7-8-20-19(10-14)17-5-2-6-18(17)21(23-20)13-3-1-4-15(9-13)24-16-11-25-12-16/h1-5,7-10,16-18,21,23H,6,11-12H2/t17-,18+,21-/m1/s1. The van der Waals surface area contributed by atoms with Gasteiger partial charge in [0, 0.05) is 23.1 Å². The van der Waals surface area contributed by atoms with Crippen molar-refractivity contribution in [3.63, 3.8) is 0 Å². The molecule has 0 spiro atoms. The van der Waals surface area contributed by atoms with Crippen molar-refractivity contribution in [1.82, 2.24) is 0 Å². The second-order valence-corrected chi connectivity index (χ2v) is 8.13. The molecule has 0 saturated carbocycles. The molecule has 1 saturated heterocycles. The number of nitrogens with one attached hydrogen (secondary N) is 1. The number of fused-ring (bicyclic) bond motifs is 3. The lowest BCUT2D eigenvalue weighted by molar-refractivity contribution is 0.240. The maximum atomic E-state index is 13.7. The van der Waals surface area contributed by atoms with Crippen LogP contribution in [0.2, 0.25) is 0 Å². The maximum Gasteiger partial charge on any atom is 0.123 e. The molecule has 0 radical (unpaired) electrons. The van der Waals surface area contributed by atoms with Gasteiger partial charge in [-0.2, -0.15) is 11.8 Å². The average molecular weight is 353 g/mol. The van der Waals surface area contributed by atoms with Crippen LogP contribution in [0.25, 0.3) is 0 Å². The third-order valence-electron chi connectivity index (χ3n) is 5.45. The van der Waals surface area contributed by atoms with E-state index in [1.54, 1.807) is 6.07 Å². The van der Waals surface area contributed by atoms with Crippen LogP contribution in [0.4, 0.5) is 10.1 Å². The molecule has 2 aromatic carbocycles. The topological polar surface area (TPSA) is 21.3 Å². The molecule has 0 bridgehead atoms. The fraction of sp³-hybridized carbons (Fsp3) is 0.333. The summed E-state index contributed by atoms with van der Waals surface area (Å²) in [5.74, 6) is 3.66. The first-order valence-corrected chi connectivity index (χ1v) is 10.0. The van der Waals surface area contributed by atoms with Gasteiger partial charge in [-0.05, 0) is 53.8 Å². The van der Waals surface area contributed by atoms with Gasteiger partial charge in [0.15, 0.2) is 0 Å². The van der Waals surface area contributed by atoms with Crippen molar-refractivity contribution in [2.24, 2.45) is 5.92 Å². The maximum absolute atomic E-state index is 13.7. The van der Waals surface area contributed by atoms with Crippen LogP contribution in [0.3, 0.4) is 0 Å². The summed E-state index contributed by atoms with van der Waals surface area (Å²) in [6, 6.07) is 13.8. The summed E-state index contributed by atoms with van der Waals surface area (Å²) in [5.41, 5.74) is 3.37.